The standard InChI is InChI=1S/C14H27N5/c1-11(2)8-6-4-5-7-9-16-13-12(3)14(19-15)18-10-17-13/h10-11H,4-9,15H2,1-3H3,(H2,16,17,18,19). The summed E-state index contributed by atoms with van der Waals surface area (Å²) in [7, 11) is 0. The second kappa shape index (κ2) is 8.69. The summed E-state index contributed by atoms with van der Waals surface area (Å²) in [6.45, 7) is 7.47. The lowest BCUT2D eigenvalue weighted by Crippen LogP contribution is -2.13. The minimum Gasteiger partial charge on any atom is -0.370 e. The van der Waals surface area contributed by atoms with E-state index in [1.54, 1.807) is 0 Å². The molecule has 19 heavy (non-hydrogen) atoms. The number of anilines is 2. The van der Waals surface area contributed by atoms with Crippen molar-refractivity contribution in [1.29, 1.82) is 0 Å². The predicted molar refractivity (Wildman–Crippen MR) is 81.0 cm³/mol. The van der Waals surface area contributed by atoms with E-state index in [1.165, 1.54) is 38.4 Å². The highest BCUT2D eigenvalue weighted by Gasteiger charge is 2.04. The van der Waals surface area contributed by atoms with E-state index in [4.69, 9.17) is 5.84 Å². The van der Waals surface area contributed by atoms with Crippen molar-refractivity contribution in [2.45, 2.75) is 52.9 Å². The predicted octanol–water partition coefficient (Wildman–Crippen LogP) is 3.09. The third-order valence-electron chi connectivity index (χ3n) is 3.22. The maximum Gasteiger partial charge on any atom is 0.148 e. The Morgan fingerprint density at radius 3 is 2.47 bits per heavy atom. The highest BCUT2D eigenvalue weighted by atomic mass is 15.3. The largest absolute Gasteiger partial charge is 0.370 e. The first-order chi connectivity index (χ1) is 9.15. The van der Waals surface area contributed by atoms with Gasteiger partial charge in [-0.3, -0.25) is 0 Å². The van der Waals surface area contributed by atoms with Gasteiger partial charge >= 0.3 is 0 Å². The molecule has 1 rings (SSSR count). The van der Waals surface area contributed by atoms with Crippen LogP contribution in [-0.2, 0) is 0 Å². The van der Waals surface area contributed by atoms with E-state index in [9.17, 15) is 0 Å². The monoisotopic (exact) mass is 265 g/mol. The first kappa shape index (κ1) is 15.7. The zero-order chi connectivity index (χ0) is 14.1. The molecule has 0 aliphatic carbocycles. The fourth-order valence-electron chi connectivity index (χ4n) is 2.01. The number of nitrogen functional groups attached to an aromatic ring is 1. The van der Waals surface area contributed by atoms with Gasteiger partial charge in [0, 0.05) is 12.1 Å². The van der Waals surface area contributed by atoms with Gasteiger partial charge in [-0.2, -0.15) is 0 Å². The van der Waals surface area contributed by atoms with Crippen molar-refractivity contribution in [2.24, 2.45) is 11.8 Å². The molecule has 5 heteroatoms. The van der Waals surface area contributed by atoms with Crippen LogP contribution in [0, 0.1) is 12.8 Å². The highest BCUT2D eigenvalue weighted by molar-refractivity contribution is 5.55. The summed E-state index contributed by atoms with van der Waals surface area (Å²) >= 11 is 0. The van der Waals surface area contributed by atoms with Crippen LogP contribution in [0.5, 0.6) is 0 Å². The third-order valence-corrected chi connectivity index (χ3v) is 3.22. The molecule has 0 saturated heterocycles. The summed E-state index contributed by atoms with van der Waals surface area (Å²) in [5.74, 6) is 7.75. The van der Waals surface area contributed by atoms with Gasteiger partial charge < -0.3 is 10.7 Å². The second-order valence-corrected chi connectivity index (χ2v) is 5.36. The van der Waals surface area contributed by atoms with Gasteiger partial charge in [-0.25, -0.2) is 15.8 Å². The molecular formula is C14H27N5. The molecule has 0 atom stereocenters. The van der Waals surface area contributed by atoms with Gasteiger partial charge in [0.15, 0.2) is 0 Å². The van der Waals surface area contributed by atoms with Crippen LogP contribution in [0.25, 0.3) is 0 Å². The zero-order valence-corrected chi connectivity index (χ0v) is 12.4. The summed E-state index contributed by atoms with van der Waals surface area (Å²) < 4.78 is 0. The molecule has 0 bridgehead atoms. The molecule has 1 aromatic rings. The van der Waals surface area contributed by atoms with E-state index in [-0.39, 0.29) is 0 Å². The van der Waals surface area contributed by atoms with Crippen LogP contribution in [0.2, 0.25) is 0 Å². The van der Waals surface area contributed by atoms with Crippen LogP contribution in [0.1, 0.15) is 51.5 Å². The van der Waals surface area contributed by atoms with Gasteiger partial charge in [0.05, 0.1) is 0 Å². The summed E-state index contributed by atoms with van der Waals surface area (Å²) in [5, 5.41) is 3.34. The van der Waals surface area contributed by atoms with Crippen LogP contribution in [-0.4, -0.2) is 16.5 Å². The lowest BCUT2D eigenvalue weighted by atomic mass is 10.0. The van der Waals surface area contributed by atoms with E-state index in [0.29, 0.717) is 5.82 Å². The molecule has 0 aliphatic rings. The molecule has 0 amide bonds. The Bertz CT molecular complexity index is 365. The number of nitrogens with two attached hydrogens (primary N) is 1. The quantitative estimate of drug-likeness (QED) is 0.363. The van der Waals surface area contributed by atoms with Crippen molar-refractivity contribution in [3.63, 3.8) is 0 Å². The number of aromatic nitrogens is 2. The van der Waals surface area contributed by atoms with E-state index in [0.717, 1.165) is 23.8 Å². The van der Waals surface area contributed by atoms with Crippen LogP contribution in [0.3, 0.4) is 0 Å². The van der Waals surface area contributed by atoms with Gasteiger partial charge in [0.25, 0.3) is 0 Å². The smallest absolute Gasteiger partial charge is 0.148 e. The van der Waals surface area contributed by atoms with E-state index in [1.807, 2.05) is 6.92 Å². The first-order valence-corrected chi connectivity index (χ1v) is 7.17. The van der Waals surface area contributed by atoms with Gasteiger partial charge in [-0.1, -0.05) is 39.5 Å². The van der Waals surface area contributed by atoms with Crippen LogP contribution in [0.4, 0.5) is 11.6 Å². The fourth-order valence-corrected chi connectivity index (χ4v) is 2.01. The molecule has 0 radical (unpaired) electrons. The van der Waals surface area contributed by atoms with E-state index >= 15 is 0 Å². The number of hydrazine groups is 1. The molecule has 0 aliphatic heterocycles. The van der Waals surface area contributed by atoms with Gasteiger partial charge in [0.2, 0.25) is 0 Å². The molecule has 5 nitrogen and oxygen atoms in total. The summed E-state index contributed by atoms with van der Waals surface area (Å²) in [4.78, 5) is 8.28. The Morgan fingerprint density at radius 1 is 1.11 bits per heavy atom. The normalized spacial score (nSPS) is 10.8. The van der Waals surface area contributed by atoms with Crippen molar-refractivity contribution in [2.75, 3.05) is 17.3 Å². The number of hydrogen-bond acceptors (Lipinski definition) is 5. The van der Waals surface area contributed by atoms with Crippen LogP contribution >= 0.6 is 0 Å². The molecule has 1 aromatic heterocycles. The Morgan fingerprint density at radius 2 is 1.79 bits per heavy atom. The van der Waals surface area contributed by atoms with Crippen molar-refractivity contribution < 1.29 is 0 Å². The molecule has 0 aromatic carbocycles. The maximum atomic E-state index is 5.39. The zero-order valence-electron chi connectivity index (χ0n) is 12.4. The maximum absolute atomic E-state index is 5.39. The lowest BCUT2D eigenvalue weighted by Gasteiger charge is -2.10. The molecule has 4 N–H and O–H groups in total. The number of rotatable bonds is 9. The van der Waals surface area contributed by atoms with Gasteiger partial charge in [-0.15, -0.1) is 0 Å². The van der Waals surface area contributed by atoms with E-state index < -0.39 is 0 Å². The topological polar surface area (TPSA) is 75.9 Å². The summed E-state index contributed by atoms with van der Waals surface area (Å²) in [5.41, 5.74) is 3.54. The van der Waals surface area contributed by atoms with Crippen molar-refractivity contribution in [1.82, 2.24) is 9.97 Å². The molecule has 0 unspecified atom stereocenters. The van der Waals surface area contributed by atoms with Crippen molar-refractivity contribution in [3.8, 4) is 0 Å². The van der Waals surface area contributed by atoms with Crippen LogP contribution in [0.15, 0.2) is 6.33 Å². The molecule has 0 saturated carbocycles. The van der Waals surface area contributed by atoms with Crippen molar-refractivity contribution >= 4 is 11.6 Å². The highest BCUT2D eigenvalue weighted by Crippen LogP contribution is 2.17. The number of unbranched alkanes of at least 4 members (excludes halogenated alkanes) is 3. The number of nitrogens with one attached hydrogen (secondary N) is 2. The summed E-state index contributed by atoms with van der Waals surface area (Å²) in [6, 6.07) is 0. The Labute approximate surface area is 116 Å². The van der Waals surface area contributed by atoms with Gasteiger partial charge in [-0.05, 0) is 19.3 Å². The summed E-state index contributed by atoms with van der Waals surface area (Å²) in [6.07, 6.45) is 7.96. The number of hydrogen-bond donors (Lipinski definition) is 3. The third kappa shape index (κ3) is 5.87. The number of nitrogens with zero attached hydrogens (tertiary/aromatic N) is 2. The van der Waals surface area contributed by atoms with Crippen LogP contribution < -0.4 is 16.6 Å². The lowest BCUT2D eigenvalue weighted by molar-refractivity contribution is 0.523. The second-order valence-electron chi connectivity index (χ2n) is 5.36. The first-order valence-electron chi connectivity index (χ1n) is 7.17. The van der Waals surface area contributed by atoms with Crippen molar-refractivity contribution in [3.05, 3.63) is 11.9 Å². The average Bonchev–Trinajstić information content (AvgIpc) is 2.39. The molecule has 0 spiro atoms. The SMILES string of the molecule is Cc1c(NN)ncnc1NCCCCCCC(C)C. The van der Waals surface area contributed by atoms with E-state index in [2.05, 4.69) is 34.6 Å². The Hall–Kier alpha value is -1.36. The average molecular weight is 265 g/mol. The molecular weight excluding hydrogens is 238 g/mol. The minimum absolute atomic E-state index is 0.675. The fraction of sp³-hybridized carbons (Fsp3) is 0.714. The molecule has 1 heterocycles. The minimum atomic E-state index is 0.675. The molecule has 108 valence electrons. The molecule has 0 fully saturated rings. The Balaban J connectivity index is 2.19. The Kier molecular flexibility index (Phi) is 7.18. The van der Waals surface area contributed by atoms with Gasteiger partial charge in [0.1, 0.15) is 18.0 Å².